The zero-order chi connectivity index (χ0) is 18.0. The number of hydrogen-bond acceptors (Lipinski definition) is 2. The number of likely N-dealkylation sites (tertiary alicyclic amines) is 1. The maximum absolute atomic E-state index is 5.44. The molecule has 1 fully saturated rings. The van der Waals surface area contributed by atoms with Gasteiger partial charge < -0.3 is 10.6 Å². The van der Waals surface area contributed by atoms with E-state index in [0.29, 0.717) is 0 Å². The summed E-state index contributed by atoms with van der Waals surface area (Å²) in [6.07, 6.45) is 5.02. The summed E-state index contributed by atoms with van der Waals surface area (Å²) in [4.78, 5) is 2.57. The predicted octanol–water partition coefficient (Wildman–Crippen LogP) is 3.88. The summed E-state index contributed by atoms with van der Waals surface area (Å²) >= 11 is 5.44. The Kier molecular flexibility index (Phi) is 7.47. The average Bonchev–Trinajstić information content (AvgIpc) is 2.69. The summed E-state index contributed by atoms with van der Waals surface area (Å²) in [5.74, 6) is 0. The summed E-state index contributed by atoms with van der Waals surface area (Å²) < 4.78 is 0. The van der Waals surface area contributed by atoms with Gasteiger partial charge in [-0.25, -0.2) is 0 Å². The van der Waals surface area contributed by atoms with Crippen molar-refractivity contribution in [3.63, 3.8) is 0 Å². The minimum Gasteiger partial charge on any atom is -0.362 e. The molecule has 0 atom stereocenters. The Morgan fingerprint density at radius 3 is 2.31 bits per heavy atom. The molecule has 138 valence electrons. The molecule has 1 heterocycles. The van der Waals surface area contributed by atoms with E-state index in [1.54, 1.807) is 0 Å². The van der Waals surface area contributed by atoms with Crippen molar-refractivity contribution in [3.05, 3.63) is 71.3 Å². The molecule has 2 aromatic rings. The van der Waals surface area contributed by atoms with Crippen molar-refractivity contribution in [2.24, 2.45) is 0 Å². The van der Waals surface area contributed by atoms with Gasteiger partial charge >= 0.3 is 0 Å². The van der Waals surface area contributed by atoms with Crippen molar-refractivity contribution in [1.29, 1.82) is 0 Å². The van der Waals surface area contributed by atoms with E-state index in [2.05, 4.69) is 64.1 Å². The van der Waals surface area contributed by atoms with E-state index in [4.69, 9.17) is 12.2 Å². The highest BCUT2D eigenvalue weighted by atomic mass is 32.1. The van der Waals surface area contributed by atoms with E-state index in [-0.39, 0.29) is 0 Å². The number of rotatable bonds is 7. The molecule has 0 saturated carbocycles. The summed E-state index contributed by atoms with van der Waals surface area (Å²) in [7, 11) is 0. The lowest BCUT2D eigenvalue weighted by molar-refractivity contribution is 0.220. The van der Waals surface area contributed by atoms with Gasteiger partial charge in [0.25, 0.3) is 0 Å². The molecule has 0 aromatic heterocycles. The van der Waals surface area contributed by atoms with Gasteiger partial charge in [-0.15, -0.1) is 0 Å². The molecule has 4 heteroatoms. The molecular formula is C22H29N3S. The van der Waals surface area contributed by atoms with Crippen molar-refractivity contribution < 1.29 is 0 Å². The molecule has 26 heavy (non-hydrogen) atoms. The fourth-order valence-electron chi connectivity index (χ4n) is 3.45. The van der Waals surface area contributed by atoms with Crippen LogP contribution in [0.3, 0.4) is 0 Å². The van der Waals surface area contributed by atoms with E-state index < -0.39 is 0 Å². The fourth-order valence-corrected chi connectivity index (χ4v) is 3.62. The first-order valence-corrected chi connectivity index (χ1v) is 10.1. The lowest BCUT2D eigenvalue weighted by Crippen LogP contribution is -2.36. The van der Waals surface area contributed by atoms with Gasteiger partial charge in [0.05, 0.1) is 0 Å². The molecule has 0 radical (unpaired) electrons. The molecular weight excluding hydrogens is 338 g/mol. The van der Waals surface area contributed by atoms with Gasteiger partial charge in [-0.3, -0.25) is 4.90 Å². The van der Waals surface area contributed by atoms with Crippen LogP contribution in [0.1, 0.15) is 36.0 Å². The monoisotopic (exact) mass is 367 g/mol. The SMILES string of the molecule is S=C(NCCc1ccccc1)NCc1ccccc1CN1CCCCC1. The maximum Gasteiger partial charge on any atom is 0.166 e. The van der Waals surface area contributed by atoms with E-state index in [0.717, 1.165) is 31.2 Å². The maximum atomic E-state index is 5.44. The molecule has 1 aliphatic heterocycles. The van der Waals surface area contributed by atoms with Crippen LogP contribution in [0, 0.1) is 0 Å². The number of nitrogens with zero attached hydrogens (tertiary/aromatic N) is 1. The zero-order valence-corrected chi connectivity index (χ0v) is 16.2. The van der Waals surface area contributed by atoms with Gasteiger partial charge in [0.15, 0.2) is 5.11 Å². The van der Waals surface area contributed by atoms with E-state index in [1.807, 2.05) is 6.07 Å². The molecule has 0 unspecified atom stereocenters. The quantitative estimate of drug-likeness (QED) is 0.726. The van der Waals surface area contributed by atoms with Gasteiger partial charge in [0.1, 0.15) is 0 Å². The Balaban J connectivity index is 1.44. The fraction of sp³-hybridized carbons (Fsp3) is 0.409. The molecule has 3 nitrogen and oxygen atoms in total. The van der Waals surface area contributed by atoms with Crippen molar-refractivity contribution in [2.75, 3.05) is 19.6 Å². The standard InChI is InChI=1S/C22H29N3S/c26-22(23-14-13-19-9-3-1-4-10-19)24-17-20-11-5-6-12-21(20)18-25-15-7-2-8-16-25/h1,3-6,9-12H,2,7-8,13-18H2,(H2,23,24,26). The van der Waals surface area contributed by atoms with Crippen LogP contribution in [-0.2, 0) is 19.5 Å². The minimum atomic E-state index is 0.730. The van der Waals surface area contributed by atoms with Crippen LogP contribution in [0.15, 0.2) is 54.6 Å². The van der Waals surface area contributed by atoms with E-state index in [9.17, 15) is 0 Å². The highest BCUT2D eigenvalue weighted by Gasteiger charge is 2.12. The Morgan fingerprint density at radius 1 is 0.846 bits per heavy atom. The number of benzene rings is 2. The predicted molar refractivity (Wildman–Crippen MR) is 113 cm³/mol. The van der Waals surface area contributed by atoms with Crippen LogP contribution in [0.2, 0.25) is 0 Å². The third kappa shape index (κ3) is 6.11. The lowest BCUT2D eigenvalue weighted by Gasteiger charge is -2.27. The van der Waals surface area contributed by atoms with E-state index in [1.165, 1.54) is 49.0 Å². The zero-order valence-electron chi connectivity index (χ0n) is 15.4. The van der Waals surface area contributed by atoms with Crippen LogP contribution in [0.25, 0.3) is 0 Å². The van der Waals surface area contributed by atoms with Crippen molar-refractivity contribution in [1.82, 2.24) is 15.5 Å². The van der Waals surface area contributed by atoms with Crippen molar-refractivity contribution in [3.8, 4) is 0 Å². The van der Waals surface area contributed by atoms with Gasteiger partial charge in [-0.05, 0) is 61.3 Å². The van der Waals surface area contributed by atoms with Crippen molar-refractivity contribution >= 4 is 17.3 Å². The third-order valence-corrected chi connectivity index (χ3v) is 5.23. The van der Waals surface area contributed by atoms with Gasteiger partial charge in [0.2, 0.25) is 0 Å². The Labute approximate surface area is 162 Å². The third-order valence-electron chi connectivity index (χ3n) is 4.94. The molecule has 3 rings (SSSR count). The van der Waals surface area contributed by atoms with Crippen LogP contribution < -0.4 is 10.6 Å². The van der Waals surface area contributed by atoms with Crippen molar-refractivity contribution in [2.45, 2.75) is 38.8 Å². The van der Waals surface area contributed by atoms with Crippen LogP contribution in [-0.4, -0.2) is 29.6 Å². The Bertz CT molecular complexity index is 681. The second-order valence-electron chi connectivity index (χ2n) is 6.95. The summed E-state index contributed by atoms with van der Waals surface area (Å²) in [5.41, 5.74) is 4.08. The summed E-state index contributed by atoms with van der Waals surface area (Å²) in [6.45, 7) is 5.13. The Hall–Kier alpha value is -1.91. The molecule has 0 spiro atoms. The number of thiocarbonyl (C=S) groups is 1. The second-order valence-corrected chi connectivity index (χ2v) is 7.36. The van der Waals surface area contributed by atoms with Crippen LogP contribution >= 0.6 is 12.2 Å². The Morgan fingerprint density at radius 2 is 1.54 bits per heavy atom. The lowest BCUT2D eigenvalue weighted by atomic mass is 10.0. The van der Waals surface area contributed by atoms with Gasteiger partial charge in [0, 0.05) is 19.6 Å². The topological polar surface area (TPSA) is 27.3 Å². The molecule has 1 saturated heterocycles. The largest absolute Gasteiger partial charge is 0.362 e. The minimum absolute atomic E-state index is 0.730. The number of piperidine rings is 1. The first-order valence-electron chi connectivity index (χ1n) is 9.66. The average molecular weight is 368 g/mol. The van der Waals surface area contributed by atoms with Crippen LogP contribution in [0.5, 0.6) is 0 Å². The van der Waals surface area contributed by atoms with E-state index >= 15 is 0 Å². The van der Waals surface area contributed by atoms with Gasteiger partial charge in [-0.2, -0.15) is 0 Å². The summed E-state index contributed by atoms with van der Waals surface area (Å²) in [6, 6.07) is 19.2. The summed E-state index contributed by atoms with van der Waals surface area (Å²) in [5, 5.41) is 7.41. The normalized spacial score (nSPS) is 14.8. The smallest absolute Gasteiger partial charge is 0.166 e. The molecule has 1 aliphatic rings. The molecule has 0 bridgehead atoms. The highest BCUT2D eigenvalue weighted by Crippen LogP contribution is 2.16. The molecule has 2 N–H and O–H groups in total. The molecule has 0 amide bonds. The van der Waals surface area contributed by atoms with Gasteiger partial charge in [-0.1, -0.05) is 61.0 Å². The molecule has 2 aromatic carbocycles. The van der Waals surface area contributed by atoms with Crippen LogP contribution in [0.4, 0.5) is 0 Å². The number of hydrogen-bond donors (Lipinski definition) is 2. The first-order chi connectivity index (χ1) is 12.8. The molecule has 0 aliphatic carbocycles. The first kappa shape index (κ1) is 18.9. The highest BCUT2D eigenvalue weighted by molar-refractivity contribution is 7.80. The second kappa shape index (κ2) is 10.3. The number of nitrogens with one attached hydrogen (secondary N) is 2.